The molecular formula is C10H15N3O3. The monoisotopic (exact) mass is 225 g/mol. The summed E-state index contributed by atoms with van der Waals surface area (Å²) in [5, 5.41) is 13.6. The Morgan fingerprint density at radius 2 is 2.31 bits per heavy atom. The minimum atomic E-state index is -0.512. The second-order valence-electron chi connectivity index (χ2n) is 3.95. The topological polar surface area (TPSA) is 77.3 Å². The van der Waals surface area contributed by atoms with Crippen LogP contribution in [0.1, 0.15) is 13.8 Å². The molecule has 0 aliphatic carbocycles. The van der Waals surface area contributed by atoms with E-state index in [1.54, 1.807) is 19.2 Å². The summed E-state index contributed by atoms with van der Waals surface area (Å²) in [5.41, 5.74) is 0.0154. The number of nitrogens with zero attached hydrogens (tertiary/aromatic N) is 2. The second-order valence-corrected chi connectivity index (χ2v) is 3.95. The fourth-order valence-electron chi connectivity index (χ4n) is 1.06. The van der Waals surface area contributed by atoms with E-state index in [1.165, 1.54) is 6.20 Å². The minimum absolute atomic E-state index is 0.172. The van der Waals surface area contributed by atoms with Crippen LogP contribution in [0.3, 0.4) is 0 Å². The Labute approximate surface area is 93.8 Å². The fourth-order valence-corrected chi connectivity index (χ4v) is 1.06. The first-order valence-corrected chi connectivity index (χ1v) is 4.85. The Balaban J connectivity index is 2.78. The minimum Gasteiger partial charge on any atom is -0.377 e. The van der Waals surface area contributed by atoms with Gasteiger partial charge in [0.25, 0.3) is 0 Å². The average Bonchev–Trinajstić information content (AvgIpc) is 2.27. The maximum atomic E-state index is 10.7. The third-order valence-electron chi connectivity index (χ3n) is 2.22. The fraction of sp³-hybridized carbons (Fsp3) is 0.500. The molecule has 6 heteroatoms. The van der Waals surface area contributed by atoms with Gasteiger partial charge >= 0.3 is 5.82 Å². The lowest BCUT2D eigenvalue weighted by atomic mass is 10.1. The summed E-state index contributed by atoms with van der Waals surface area (Å²) in [7, 11) is 1.60. The largest absolute Gasteiger partial charge is 0.386 e. The molecule has 1 N–H and O–H groups in total. The van der Waals surface area contributed by atoms with Gasteiger partial charge < -0.3 is 20.2 Å². The van der Waals surface area contributed by atoms with Crippen molar-refractivity contribution in [1.82, 2.24) is 4.98 Å². The smallest absolute Gasteiger partial charge is 0.377 e. The summed E-state index contributed by atoms with van der Waals surface area (Å²) < 4.78 is 5.21. The zero-order chi connectivity index (χ0) is 12.2. The highest BCUT2D eigenvalue weighted by Crippen LogP contribution is 2.21. The Bertz CT molecular complexity index is 379. The van der Waals surface area contributed by atoms with Crippen LogP contribution in [-0.2, 0) is 4.74 Å². The van der Waals surface area contributed by atoms with Crippen molar-refractivity contribution >= 4 is 11.5 Å². The van der Waals surface area contributed by atoms with Crippen LogP contribution in [0.15, 0.2) is 18.3 Å². The highest BCUT2D eigenvalue weighted by Gasteiger charge is 2.19. The molecule has 0 saturated heterocycles. The lowest BCUT2D eigenvalue weighted by Gasteiger charge is -2.23. The Morgan fingerprint density at radius 1 is 1.62 bits per heavy atom. The van der Waals surface area contributed by atoms with Crippen molar-refractivity contribution < 1.29 is 9.66 Å². The number of hydrogen-bond donors (Lipinski definition) is 1. The molecule has 1 heterocycles. The molecule has 0 saturated carbocycles. The van der Waals surface area contributed by atoms with Gasteiger partial charge in [0.1, 0.15) is 11.9 Å². The number of nitro groups is 1. The maximum Gasteiger partial charge on any atom is 0.386 e. The predicted molar refractivity (Wildman–Crippen MR) is 60.5 cm³/mol. The number of aromatic nitrogens is 1. The van der Waals surface area contributed by atoms with Gasteiger partial charge in [0, 0.05) is 13.7 Å². The molecule has 0 unspecified atom stereocenters. The van der Waals surface area contributed by atoms with Gasteiger partial charge in [0.15, 0.2) is 0 Å². The third kappa shape index (κ3) is 3.16. The van der Waals surface area contributed by atoms with Crippen LogP contribution in [-0.4, -0.2) is 29.2 Å². The quantitative estimate of drug-likeness (QED) is 0.611. The van der Waals surface area contributed by atoms with Gasteiger partial charge in [-0.25, -0.2) is 0 Å². The normalized spacial score (nSPS) is 11.2. The van der Waals surface area contributed by atoms with Crippen LogP contribution in [0, 0.1) is 10.1 Å². The molecule has 88 valence electrons. The molecule has 1 aromatic rings. The van der Waals surface area contributed by atoms with Gasteiger partial charge in [0.2, 0.25) is 0 Å². The summed E-state index contributed by atoms with van der Waals surface area (Å²) in [6.07, 6.45) is 1.39. The first-order valence-electron chi connectivity index (χ1n) is 4.85. The van der Waals surface area contributed by atoms with Crippen molar-refractivity contribution in [3.63, 3.8) is 0 Å². The van der Waals surface area contributed by atoms with Crippen molar-refractivity contribution in [2.24, 2.45) is 0 Å². The molecule has 0 amide bonds. The van der Waals surface area contributed by atoms with Crippen LogP contribution in [0.4, 0.5) is 11.5 Å². The van der Waals surface area contributed by atoms with Crippen LogP contribution in [0.2, 0.25) is 0 Å². The Morgan fingerprint density at radius 3 is 2.88 bits per heavy atom. The summed E-state index contributed by atoms with van der Waals surface area (Å²) in [6.45, 7) is 4.25. The molecule has 0 fully saturated rings. The maximum absolute atomic E-state index is 10.7. The van der Waals surface area contributed by atoms with Gasteiger partial charge in [0.05, 0.1) is 5.60 Å². The molecular weight excluding hydrogens is 210 g/mol. The molecule has 0 aromatic carbocycles. The highest BCUT2D eigenvalue weighted by atomic mass is 16.6. The number of pyridine rings is 1. The third-order valence-corrected chi connectivity index (χ3v) is 2.22. The predicted octanol–water partition coefficient (Wildman–Crippen LogP) is 1.83. The first kappa shape index (κ1) is 12.4. The van der Waals surface area contributed by atoms with Gasteiger partial charge in [-0.15, -0.1) is 0 Å². The first-order chi connectivity index (χ1) is 7.46. The van der Waals surface area contributed by atoms with Crippen LogP contribution >= 0.6 is 0 Å². The standard InChI is InChI=1S/C10H15N3O3/c1-10(2,16-3)7-12-8-5-4-6-11-9(8)13(14)15/h4-6,12H,7H2,1-3H3. The zero-order valence-corrected chi connectivity index (χ0v) is 9.56. The van der Waals surface area contributed by atoms with Crippen LogP contribution in [0.5, 0.6) is 0 Å². The van der Waals surface area contributed by atoms with E-state index in [0.29, 0.717) is 12.2 Å². The zero-order valence-electron chi connectivity index (χ0n) is 9.56. The summed E-state index contributed by atoms with van der Waals surface area (Å²) in [6, 6.07) is 3.27. The van der Waals surface area contributed by atoms with Crippen LogP contribution in [0.25, 0.3) is 0 Å². The van der Waals surface area contributed by atoms with Crippen LogP contribution < -0.4 is 5.32 Å². The Kier molecular flexibility index (Phi) is 3.78. The van der Waals surface area contributed by atoms with Gasteiger partial charge in [-0.1, -0.05) is 0 Å². The summed E-state index contributed by atoms with van der Waals surface area (Å²) in [5.74, 6) is -0.172. The second kappa shape index (κ2) is 4.89. The summed E-state index contributed by atoms with van der Waals surface area (Å²) >= 11 is 0. The van der Waals surface area contributed by atoms with E-state index in [4.69, 9.17) is 4.74 Å². The van der Waals surface area contributed by atoms with Gasteiger partial charge in [-0.3, -0.25) is 0 Å². The molecule has 6 nitrogen and oxygen atoms in total. The molecule has 0 bridgehead atoms. The van der Waals surface area contributed by atoms with E-state index in [9.17, 15) is 10.1 Å². The lowest BCUT2D eigenvalue weighted by Crippen LogP contribution is -2.32. The Hall–Kier alpha value is -1.69. The number of rotatable bonds is 5. The summed E-state index contributed by atoms with van der Waals surface area (Å²) in [4.78, 5) is 13.9. The number of anilines is 1. The molecule has 16 heavy (non-hydrogen) atoms. The molecule has 1 rings (SSSR count). The molecule has 0 spiro atoms. The van der Waals surface area contributed by atoms with Crippen molar-refractivity contribution in [2.45, 2.75) is 19.4 Å². The number of nitrogens with one attached hydrogen (secondary N) is 1. The van der Waals surface area contributed by atoms with E-state index in [2.05, 4.69) is 10.3 Å². The van der Waals surface area contributed by atoms with E-state index < -0.39 is 4.92 Å². The van der Waals surface area contributed by atoms with Crippen molar-refractivity contribution in [3.8, 4) is 0 Å². The number of ether oxygens (including phenoxy) is 1. The average molecular weight is 225 g/mol. The molecule has 0 atom stereocenters. The van der Waals surface area contributed by atoms with E-state index in [0.717, 1.165) is 0 Å². The van der Waals surface area contributed by atoms with Crippen molar-refractivity contribution in [3.05, 3.63) is 28.4 Å². The van der Waals surface area contributed by atoms with E-state index in [1.807, 2.05) is 13.8 Å². The lowest BCUT2D eigenvalue weighted by molar-refractivity contribution is -0.388. The highest BCUT2D eigenvalue weighted by molar-refractivity contribution is 5.56. The molecule has 0 aliphatic heterocycles. The van der Waals surface area contributed by atoms with Gasteiger partial charge in [-0.05, 0) is 35.9 Å². The van der Waals surface area contributed by atoms with Crippen molar-refractivity contribution in [2.75, 3.05) is 19.0 Å². The number of hydrogen-bond acceptors (Lipinski definition) is 5. The van der Waals surface area contributed by atoms with E-state index in [-0.39, 0.29) is 11.4 Å². The van der Waals surface area contributed by atoms with Gasteiger partial charge in [-0.2, -0.15) is 0 Å². The SMILES string of the molecule is COC(C)(C)CNc1cccnc1[N+](=O)[O-]. The molecule has 1 aromatic heterocycles. The number of methoxy groups -OCH3 is 1. The molecule has 0 aliphatic rings. The van der Waals surface area contributed by atoms with E-state index >= 15 is 0 Å². The van der Waals surface area contributed by atoms with Crippen molar-refractivity contribution in [1.29, 1.82) is 0 Å². The molecule has 0 radical (unpaired) electrons.